The average Bonchev–Trinajstić information content (AvgIpc) is 2.99. The van der Waals surface area contributed by atoms with Crippen molar-refractivity contribution in [2.45, 2.75) is 20.8 Å². The van der Waals surface area contributed by atoms with Crippen LogP contribution < -0.4 is 10.7 Å². The van der Waals surface area contributed by atoms with Crippen LogP contribution >= 0.6 is 22.9 Å². The fourth-order valence-corrected chi connectivity index (χ4v) is 3.70. The Morgan fingerprint density at radius 3 is 2.67 bits per heavy atom. The number of esters is 1. The summed E-state index contributed by atoms with van der Waals surface area (Å²) < 4.78 is 4.99. The Hall–Kier alpha value is -3.31. The van der Waals surface area contributed by atoms with Crippen molar-refractivity contribution in [2.24, 2.45) is 5.10 Å². The fourth-order valence-electron chi connectivity index (χ4n) is 2.43. The predicted octanol–water partition coefficient (Wildman–Crippen LogP) is 4.15. The topological polar surface area (TPSA) is 140 Å². The summed E-state index contributed by atoms with van der Waals surface area (Å²) in [6.45, 7) is 4.72. The first-order chi connectivity index (χ1) is 14.1. The van der Waals surface area contributed by atoms with Gasteiger partial charge in [-0.15, -0.1) is 11.3 Å². The molecule has 10 nitrogen and oxygen atoms in total. The standard InChI is InChI=1S/C18H17ClN4O6S/c1-4-29-17(25)14-9(2)15(10(3)24)30-16(14)21-18(26)22-20-8-11-5-6-12(19)13(7-11)23(27)28/h5-8H,4H2,1-3H3,(H2,21,22,26)/b20-8+. The van der Waals surface area contributed by atoms with Gasteiger partial charge in [-0.1, -0.05) is 17.7 Å². The van der Waals surface area contributed by atoms with Crippen LogP contribution in [0, 0.1) is 17.0 Å². The van der Waals surface area contributed by atoms with Crippen LogP contribution in [0.2, 0.25) is 5.02 Å². The van der Waals surface area contributed by atoms with Gasteiger partial charge < -0.3 is 4.74 Å². The van der Waals surface area contributed by atoms with Crippen molar-refractivity contribution in [2.75, 3.05) is 11.9 Å². The molecule has 0 fully saturated rings. The third-order valence-electron chi connectivity index (χ3n) is 3.72. The number of nitro groups is 1. The summed E-state index contributed by atoms with van der Waals surface area (Å²) in [7, 11) is 0. The number of amides is 2. The lowest BCUT2D eigenvalue weighted by molar-refractivity contribution is -0.384. The Kier molecular flexibility index (Phi) is 7.61. The summed E-state index contributed by atoms with van der Waals surface area (Å²) in [6.07, 6.45) is 1.19. The second-order valence-electron chi connectivity index (χ2n) is 5.83. The first kappa shape index (κ1) is 23.0. The number of benzene rings is 1. The van der Waals surface area contributed by atoms with Crippen molar-refractivity contribution in [1.82, 2.24) is 5.43 Å². The number of ketones is 1. The summed E-state index contributed by atoms with van der Waals surface area (Å²) in [5.74, 6) is -0.912. The minimum absolute atomic E-state index is 0.0244. The number of rotatable bonds is 7. The van der Waals surface area contributed by atoms with Crippen molar-refractivity contribution in [3.05, 3.63) is 54.9 Å². The number of carbonyl (C=O) groups excluding carboxylic acids is 3. The number of hydrogen-bond donors (Lipinski definition) is 2. The Bertz CT molecular complexity index is 1050. The number of ether oxygens (including phenoxy) is 1. The number of nitrogens with zero attached hydrogens (tertiary/aromatic N) is 2. The first-order valence-electron chi connectivity index (χ1n) is 8.51. The number of thiophene rings is 1. The van der Waals surface area contributed by atoms with E-state index in [1.807, 2.05) is 0 Å². The Balaban J connectivity index is 2.16. The fraction of sp³-hybridized carbons (Fsp3) is 0.222. The summed E-state index contributed by atoms with van der Waals surface area (Å²) in [6, 6.07) is 3.24. The van der Waals surface area contributed by atoms with Crippen molar-refractivity contribution in [3.8, 4) is 0 Å². The Labute approximate surface area is 180 Å². The van der Waals surface area contributed by atoms with Crippen LogP contribution in [0.3, 0.4) is 0 Å². The zero-order chi connectivity index (χ0) is 22.4. The third kappa shape index (κ3) is 5.39. The SMILES string of the molecule is CCOC(=O)c1c(NC(=O)N/N=C/c2ccc(Cl)c([N+](=O)[O-])c2)sc(C(C)=O)c1C. The number of halogens is 1. The van der Waals surface area contributed by atoms with Gasteiger partial charge >= 0.3 is 12.0 Å². The molecule has 1 aromatic carbocycles. The third-order valence-corrected chi connectivity index (χ3v) is 5.35. The lowest BCUT2D eigenvalue weighted by Crippen LogP contribution is -2.24. The van der Waals surface area contributed by atoms with E-state index in [9.17, 15) is 24.5 Å². The van der Waals surface area contributed by atoms with Crippen LogP contribution in [0.5, 0.6) is 0 Å². The van der Waals surface area contributed by atoms with Crippen LogP contribution in [-0.2, 0) is 4.74 Å². The second kappa shape index (κ2) is 9.94. The zero-order valence-electron chi connectivity index (χ0n) is 16.1. The van der Waals surface area contributed by atoms with Gasteiger partial charge in [-0.25, -0.2) is 15.0 Å². The molecule has 0 aliphatic carbocycles. The van der Waals surface area contributed by atoms with Gasteiger partial charge in [0, 0.05) is 11.6 Å². The summed E-state index contributed by atoms with van der Waals surface area (Å²) in [4.78, 5) is 46.8. The first-order valence-corrected chi connectivity index (χ1v) is 9.70. The molecular weight excluding hydrogens is 436 g/mol. The lowest BCUT2D eigenvalue weighted by Gasteiger charge is -2.06. The van der Waals surface area contributed by atoms with E-state index in [4.69, 9.17) is 16.3 Å². The zero-order valence-corrected chi connectivity index (χ0v) is 17.7. The molecule has 2 N–H and O–H groups in total. The molecule has 0 unspecified atom stereocenters. The van der Waals surface area contributed by atoms with Crippen LogP contribution in [-0.4, -0.2) is 35.5 Å². The van der Waals surface area contributed by atoms with Crippen molar-refractivity contribution < 1.29 is 24.0 Å². The van der Waals surface area contributed by atoms with E-state index < -0.39 is 16.9 Å². The smallest absolute Gasteiger partial charge is 0.341 e. The molecule has 0 aliphatic rings. The van der Waals surface area contributed by atoms with E-state index in [2.05, 4.69) is 15.8 Å². The van der Waals surface area contributed by atoms with Gasteiger partial charge in [0.2, 0.25) is 0 Å². The highest BCUT2D eigenvalue weighted by Crippen LogP contribution is 2.34. The minimum atomic E-state index is -0.781. The van der Waals surface area contributed by atoms with Gasteiger partial charge in [0.05, 0.1) is 28.2 Å². The maximum absolute atomic E-state index is 12.2. The number of hydrazone groups is 1. The minimum Gasteiger partial charge on any atom is -0.462 e. The van der Waals surface area contributed by atoms with Gasteiger partial charge in [0.15, 0.2) is 5.78 Å². The molecule has 0 atom stereocenters. The highest BCUT2D eigenvalue weighted by Gasteiger charge is 2.25. The molecule has 0 bridgehead atoms. The predicted molar refractivity (Wildman–Crippen MR) is 113 cm³/mol. The summed E-state index contributed by atoms with van der Waals surface area (Å²) in [5, 5.41) is 17.2. The molecule has 1 heterocycles. The quantitative estimate of drug-likeness (QED) is 0.212. The molecule has 12 heteroatoms. The van der Waals surface area contributed by atoms with Crippen LogP contribution in [0.4, 0.5) is 15.5 Å². The Morgan fingerprint density at radius 1 is 1.37 bits per heavy atom. The molecule has 0 saturated carbocycles. The van der Waals surface area contributed by atoms with Gasteiger partial charge in [-0.2, -0.15) is 5.10 Å². The van der Waals surface area contributed by atoms with Gasteiger partial charge in [-0.05, 0) is 32.4 Å². The van der Waals surface area contributed by atoms with Crippen LogP contribution in [0.25, 0.3) is 0 Å². The number of carbonyl (C=O) groups is 3. The number of hydrogen-bond acceptors (Lipinski definition) is 8. The molecule has 2 aromatic rings. The molecule has 2 rings (SSSR count). The van der Waals surface area contributed by atoms with Gasteiger partial charge in [0.1, 0.15) is 10.0 Å². The maximum atomic E-state index is 12.2. The lowest BCUT2D eigenvalue weighted by atomic mass is 10.1. The van der Waals surface area contributed by atoms with Crippen molar-refractivity contribution >= 4 is 57.6 Å². The van der Waals surface area contributed by atoms with E-state index in [-0.39, 0.29) is 33.7 Å². The van der Waals surface area contributed by atoms with Crippen molar-refractivity contribution in [3.63, 3.8) is 0 Å². The molecule has 1 aromatic heterocycles. The molecule has 30 heavy (non-hydrogen) atoms. The maximum Gasteiger partial charge on any atom is 0.341 e. The van der Waals surface area contributed by atoms with E-state index >= 15 is 0 Å². The van der Waals surface area contributed by atoms with Gasteiger partial charge in [-0.3, -0.25) is 20.2 Å². The molecule has 0 aliphatic heterocycles. The average molecular weight is 453 g/mol. The molecule has 2 amide bonds. The van der Waals surface area contributed by atoms with Crippen LogP contribution in [0.15, 0.2) is 23.3 Å². The van der Waals surface area contributed by atoms with Crippen LogP contribution in [0.1, 0.15) is 45.0 Å². The molecule has 0 saturated heterocycles. The summed E-state index contributed by atoms with van der Waals surface area (Å²) >= 11 is 6.69. The van der Waals surface area contributed by atoms with E-state index in [1.165, 1.54) is 31.3 Å². The monoisotopic (exact) mass is 452 g/mol. The molecule has 0 radical (unpaired) electrons. The number of urea groups is 1. The van der Waals surface area contributed by atoms with E-state index in [1.54, 1.807) is 13.8 Å². The van der Waals surface area contributed by atoms with E-state index in [0.29, 0.717) is 16.0 Å². The molecule has 158 valence electrons. The van der Waals surface area contributed by atoms with Crippen molar-refractivity contribution in [1.29, 1.82) is 0 Å². The van der Waals surface area contributed by atoms with E-state index in [0.717, 1.165) is 11.3 Å². The second-order valence-corrected chi connectivity index (χ2v) is 7.26. The highest BCUT2D eigenvalue weighted by molar-refractivity contribution is 7.18. The number of nitrogens with one attached hydrogen (secondary N) is 2. The number of nitro benzene ring substituents is 1. The van der Waals surface area contributed by atoms with Gasteiger partial charge in [0.25, 0.3) is 5.69 Å². The summed E-state index contributed by atoms with van der Waals surface area (Å²) in [5.41, 5.74) is 2.74. The highest BCUT2D eigenvalue weighted by atomic mass is 35.5. The number of anilines is 1. The molecular formula is C18H17ClN4O6S. The largest absolute Gasteiger partial charge is 0.462 e. The number of Topliss-reactive ketones (excluding diaryl/α,β-unsaturated/α-hetero) is 1. The molecule has 0 spiro atoms. The Morgan fingerprint density at radius 2 is 2.07 bits per heavy atom. The normalized spacial score (nSPS) is 10.7.